The van der Waals surface area contributed by atoms with Crippen LogP contribution < -0.4 is 5.69 Å². The molecule has 128 valence electrons. The maximum atomic E-state index is 12.0. The second-order valence-electron chi connectivity index (χ2n) is 6.56. The molecule has 1 aromatic rings. The molecule has 2 heterocycles. The molecule has 2 N–H and O–H groups in total. The number of hydrogen-bond acceptors (Lipinski definition) is 6. The Morgan fingerprint density at radius 2 is 2.04 bits per heavy atom. The molecule has 1 aliphatic rings. The van der Waals surface area contributed by atoms with Gasteiger partial charge in [0.25, 0.3) is 0 Å². The molecule has 9 nitrogen and oxygen atoms in total. The third-order valence-electron chi connectivity index (χ3n) is 3.23. The second kappa shape index (κ2) is 5.91. The summed E-state index contributed by atoms with van der Waals surface area (Å²) >= 11 is 1.18. The van der Waals surface area contributed by atoms with Gasteiger partial charge in [-0.05, 0) is 20.8 Å². The van der Waals surface area contributed by atoms with Crippen LogP contribution >= 0.6 is 11.8 Å². The fourth-order valence-electron chi connectivity index (χ4n) is 2.21. The van der Waals surface area contributed by atoms with Gasteiger partial charge in [-0.25, -0.2) is 14.7 Å². The quantitative estimate of drug-likeness (QED) is 0.824. The number of thioether (sulfide) groups is 1. The highest BCUT2D eigenvalue weighted by Gasteiger charge is 2.49. The highest BCUT2D eigenvalue weighted by Crippen LogP contribution is 2.42. The molecule has 0 saturated carbocycles. The largest absolute Gasteiger partial charge is 0.481 e. The van der Waals surface area contributed by atoms with E-state index in [2.05, 4.69) is 10.2 Å². The van der Waals surface area contributed by atoms with Crippen LogP contribution in [0.2, 0.25) is 0 Å². The first kappa shape index (κ1) is 17.4. The predicted molar refractivity (Wildman–Crippen MR) is 82.5 cm³/mol. The summed E-state index contributed by atoms with van der Waals surface area (Å²) in [6.07, 6.45) is -0.618. The Morgan fingerprint density at radius 3 is 2.48 bits per heavy atom. The topological polar surface area (TPSA) is 118 Å². The zero-order chi connectivity index (χ0) is 17.4. The summed E-state index contributed by atoms with van der Waals surface area (Å²) in [5.41, 5.74) is -0.984. The van der Waals surface area contributed by atoms with E-state index in [0.717, 1.165) is 0 Å². The minimum Gasteiger partial charge on any atom is -0.481 e. The lowest BCUT2D eigenvalue weighted by molar-refractivity contribution is -0.138. The molecule has 0 aromatic carbocycles. The number of carboxylic acids is 1. The molecule has 0 radical (unpaired) electrons. The van der Waals surface area contributed by atoms with Crippen LogP contribution in [0.3, 0.4) is 0 Å². The number of H-pyrrole nitrogens is 1. The van der Waals surface area contributed by atoms with Gasteiger partial charge in [0.05, 0.1) is 11.2 Å². The predicted octanol–water partition coefficient (Wildman–Crippen LogP) is 0.665. The molecular formula is C13H20N4O5S. The van der Waals surface area contributed by atoms with Gasteiger partial charge in [-0.15, -0.1) is 5.10 Å². The van der Waals surface area contributed by atoms with Crippen LogP contribution in [0.4, 0.5) is 4.79 Å². The molecule has 2 rings (SSSR count). The second-order valence-corrected chi connectivity index (χ2v) is 8.00. The number of hydrogen-bond donors (Lipinski definition) is 2. The molecular weight excluding hydrogens is 324 g/mol. The lowest BCUT2D eigenvalue weighted by Gasteiger charge is -2.48. The zero-order valence-corrected chi connectivity index (χ0v) is 14.3. The van der Waals surface area contributed by atoms with Crippen molar-refractivity contribution in [3.05, 3.63) is 10.5 Å². The van der Waals surface area contributed by atoms with Crippen LogP contribution in [0.25, 0.3) is 0 Å². The van der Waals surface area contributed by atoms with Crippen molar-refractivity contribution >= 4 is 23.8 Å². The van der Waals surface area contributed by atoms with Crippen LogP contribution in [0.15, 0.2) is 9.95 Å². The Kier molecular flexibility index (Phi) is 4.47. The molecule has 1 amide bonds. The van der Waals surface area contributed by atoms with Gasteiger partial charge >= 0.3 is 17.8 Å². The molecule has 0 spiro atoms. The normalized spacial score (nSPS) is 16.8. The summed E-state index contributed by atoms with van der Waals surface area (Å²) in [5.74, 6) is -0.970. The third-order valence-corrected chi connectivity index (χ3v) is 4.61. The van der Waals surface area contributed by atoms with Gasteiger partial charge in [0.2, 0.25) is 0 Å². The number of aromatic amines is 1. The van der Waals surface area contributed by atoms with Crippen LogP contribution in [0.5, 0.6) is 0 Å². The van der Waals surface area contributed by atoms with Crippen LogP contribution in [0, 0.1) is 0 Å². The lowest BCUT2D eigenvalue weighted by atomic mass is 9.95. The number of carbonyl (C=O) groups is 2. The molecule has 23 heavy (non-hydrogen) atoms. The smallest absolute Gasteiger partial charge is 0.410 e. The van der Waals surface area contributed by atoms with Crippen molar-refractivity contribution in [2.45, 2.75) is 42.7 Å². The van der Waals surface area contributed by atoms with Crippen molar-refractivity contribution in [3.63, 3.8) is 0 Å². The summed E-state index contributed by atoms with van der Waals surface area (Å²) in [6.45, 7) is 5.75. The number of aromatic nitrogens is 3. The number of carboxylic acid groups (broad SMARTS) is 1. The fourth-order valence-corrected chi connectivity index (χ4v) is 3.55. The summed E-state index contributed by atoms with van der Waals surface area (Å²) in [4.78, 5) is 36.0. The minimum absolute atomic E-state index is 0.141. The van der Waals surface area contributed by atoms with Gasteiger partial charge in [0.1, 0.15) is 5.60 Å². The number of amides is 1. The number of rotatable bonds is 4. The van der Waals surface area contributed by atoms with Crippen molar-refractivity contribution in [2.24, 2.45) is 7.05 Å². The van der Waals surface area contributed by atoms with Crippen molar-refractivity contribution in [2.75, 3.05) is 13.1 Å². The Balaban J connectivity index is 2.09. The molecule has 0 aliphatic carbocycles. The number of nitrogens with one attached hydrogen (secondary N) is 1. The SMILES string of the molecule is Cn1c(SC2(CC(=O)O)CN(C(=O)OC(C)(C)C)C2)n[nH]c1=O. The maximum Gasteiger partial charge on any atom is 0.410 e. The van der Waals surface area contributed by atoms with E-state index in [9.17, 15) is 14.4 Å². The number of carbonyl (C=O) groups excluding carboxylic acids is 1. The highest BCUT2D eigenvalue weighted by atomic mass is 32.2. The number of ether oxygens (including phenoxy) is 1. The maximum absolute atomic E-state index is 12.0. The van der Waals surface area contributed by atoms with Crippen molar-refractivity contribution in [3.8, 4) is 0 Å². The van der Waals surface area contributed by atoms with Gasteiger partial charge in [0.15, 0.2) is 5.16 Å². The van der Waals surface area contributed by atoms with E-state index in [4.69, 9.17) is 9.84 Å². The van der Waals surface area contributed by atoms with Crippen LogP contribution in [-0.4, -0.2) is 60.3 Å². The minimum atomic E-state index is -0.970. The molecule has 1 aromatic heterocycles. The van der Waals surface area contributed by atoms with E-state index in [1.165, 1.54) is 21.2 Å². The number of aliphatic carboxylic acids is 1. The molecule has 1 aliphatic heterocycles. The average molecular weight is 344 g/mol. The van der Waals surface area contributed by atoms with Crippen LogP contribution in [-0.2, 0) is 16.6 Å². The zero-order valence-electron chi connectivity index (χ0n) is 13.5. The molecule has 0 atom stereocenters. The molecule has 1 saturated heterocycles. The Morgan fingerprint density at radius 1 is 1.43 bits per heavy atom. The van der Waals surface area contributed by atoms with E-state index < -0.39 is 22.4 Å². The molecule has 0 bridgehead atoms. The first-order valence-electron chi connectivity index (χ1n) is 7.01. The summed E-state index contributed by atoms with van der Waals surface area (Å²) in [5, 5.41) is 15.7. The average Bonchev–Trinajstić information content (AvgIpc) is 2.64. The van der Waals surface area contributed by atoms with E-state index in [1.807, 2.05) is 0 Å². The van der Waals surface area contributed by atoms with Crippen LogP contribution in [0.1, 0.15) is 27.2 Å². The monoisotopic (exact) mass is 344 g/mol. The first-order valence-corrected chi connectivity index (χ1v) is 7.83. The molecule has 10 heteroatoms. The Hall–Kier alpha value is -1.97. The Labute approximate surface area is 137 Å². The van der Waals surface area contributed by atoms with Crippen molar-refractivity contribution in [1.82, 2.24) is 19.7 Å². The first-order chi connectivity index (χ1) is 10.5. The van der Waals surface area contributed by atoms with Gasteiger partial charge in [0, 0.05) is 20.1 Å². The summed E-state index contributed by atoms with van der Waals surface area (Å²) in [7, 11) is 1.55. The van der Waals surface area contributed by atoms with Gasteiger partial charge in [-0.3, -0.25) is 9.36 Å². The summed E-state index contributed by atoms with van der Waals surface area (Å²) < 4.78 is 5.86. The highest BCUT2D eigenvalue weighted by molar-refractivity contribution is 8.00. The van der Waals surface area contributed by atoms with Gasteiger partial charge in [-0.2, -0.15) is 0 Å². The number of likely N-dealkylation sites (tertiary alicyclic amines) is 1. The van der Waals surface area contributed by atoms with Gasteiger partial charge in [-0.1, -0.05) is 11.8 Å². The lowest BCUT2D eigenvalue weighted by Crippen LogP contribution is -2.63. The standard InChI is InChI=1S/C13H20N4O5S/c1-12(2,3)22-11(21)17-6-13(7-17,5-8(18)19)23-10-15-14-9(20)16(10)4/h5-7H2,1-4H3,(H,14,20)(H,18,19). The van der Waals surface area contributed by atoms with E-state index in [-0.39, 0.29) is 25.2 Å². The number of nitrogens with zero attached hydrogens (tertiary/aromatic N) is 3. The van der Waals surface area contributed by atoms with E-state index in [1.54, 1.807) is 27.8 Å². The fraction of sp³-hybridized carbons (Fsp3) is 0.692. The molecule has 1 fully saturated rings. The third kappa shape index (κ3) is 4.06. The molecule has 0 unspecified atom stereocenters. The van der Waals surface area contributed by atoms with Gasteiger partial charge < -0.3 is 14.7 Å². The van der Waals surface area contributed by atoms with Crippen molar-refractivity contribution < 1.29 is 19.4 Å². The van der Waals surface area contributed by atoms with E-state index >= 15 is 0 Å². The van der Waals surface area contributed by atoms with E-state index in [0.29, 0.717) is 5.16 Å². The Bertz CT molecular complexity index is 669. The summed E-state index contributed by atoms with van der Waals surface area (Å²) in [6, 6.07) is 0. The van der Waals surface area contributed by atoms with Crippen molar-refractivity contribution in [1.29, 1.82) is 0 Å².